The van der Waals surface area contributed by atoms with Crippen LogP contribution in [0.15, 0.2) is 53.5 Å². The largest absolute Gasteiger partial charge is 0.493 e. The van der Waals surface area contributed by atoms with E-state index in [2.05, 4.69) is 27.8 Å². The molecule has 1 aliphatic heterocycles. The number of fused-ring (bicyclic) bond motifs is 1. The van der Waals surface area contributed by atoms with Gasteiger partial charge in [0, 0.05) is 20.1 Å². The van der Waals surface area contributed by atoms with Gasteiger partial charge in [0.05, 0.1) is 20.2 Å². The second-order valence-corrected chi connectivity index (χ2v) is 7.22. The number of halogens is 1. The molecule has 0 saturated heterocycles. The maximum atomic E-state index is 12.6. The molecule has 168 valence electrons. The first-order chi connectivity index (χ1) is 14.6. The van der Waals surface area contributed by atoms with Crippen molar-refractivity contribution in [3.8, 4) is 11.5 Å². The average molecular weight is 538 g/mol. The topological polar surface area (TPSA) is 75.2 Å². The van der Waals surface area contributed by atoms with Crippen molar-refractivity contribution in [3.63, 3.8) is 0 Å². The van der Waals surface area contributed by atoms with Gasteiger partial charge in [-0.3, -0.25) is 9.79 Å². The third kappa shape index (κ3) is 7.02. The molecule has 2 N–H and O–H groups in total. The Morgan fingerprint density at radius 3 is 2.48 bits per heavy atom. The van der Waals surface area contributed by atoms with Gasteiger partial charge in [-0.25, -0.2) is 0 Å². The molecule has 1 amide bonds. The van der Waals surface area contributed by atoms with E-state index < -0.39 is 0 Å². The minimum atomic E-state index is -0.117. The van der Waals surface area contributed by atoms with Crippen LogP contribution in [0.1, 0.15) is 18.1 Å². The lowest BCUT2D eigenvalue weighted by Gasteiger charge is -2.29. The normalized spacial score (nSPS) is 14.0. The van der Waals surface area contributed by atoms with Gasteiger partial charge in [-0.05, 0) is 36.6 Å². The van der Waals surface area contributed by atoms with Crippen molar-refractivity contribution in [2.75, 3.05) is 33.8 Å². The van der Waals surface area contributed by atoms with Gasteiger partial charge in [0.2, 0.25) is 5.91 Å². The number of nitrogens with zero attached hydrogens (tertiary/aromatic N) is 2. The highest BCUT2D eigenvalue weighted by atomic mass is 127. The molecule has 1 heterocycles. The third-order valence-electron chi connectivity index (χ3n) is 5.07. The summed E-state index contributed by atoms with van der Waals surface area (Å²) in [4.78, 5) is 18.7. The third-order valence-corrected chi connectivity index (χ3v) is 5.07. The number of carbonyl (C=O) groups is 1. The van der Waals surface area contributed by atoms with Crippen LogP contribution in [-0.2, 0) is 17.8 Å². The van der Waals surface area contributed by atoms with Gasteiger partial charge >= 0.3 is 0 Å². The lowest BCUT2D eigenvalue weighted by molar-refractivity contribution is -0.130. The fourth-order valence-corrected chi connectivity index (χ4v) is 3.42. The molecule has 1 aliphatic rings. The zero-order valence-corrected chi connectivity index (χ0v) is 20.6. The van der Waals surface area contributed by atoms with Gasteiger partial charge in [-0.2, -0.15) is 0 Å². The number of ether oxygens (including phenoxy) is 2. The first-order valence-corrected chi connectivity index (χ1v) is 10.2. The summed E-state index contributed by atoms with van der Waals surface area (Å²) in [6, 6.07) is 15.8. The lowest BCUT2D eigenvalue weighted by atomic mass is 10.00. The highest BCUT2D eigenvalue weighted by Gasteiger charge is 2.20. The van der Waals surface area contributed by atoms with Crippen LogP contribution in [0.3, 0.4) is 0 Å². The van der Waals surface area contributed by atoms with E-state index in [-0.39, 0.29) is 42.5 Å². The zero-order chi connectivity index (χ0) is 21.3. The van der Waals surface area contributed by atoms with Gasteiger partial charge in [0.15, 0.2) is 17.5 Å². The molecule has 7 nitrogen and oxygen atoms in total. The molecule has 31 heavy (non-hydrogen) atoms. The molecule has 0 saturated carbocycles. The molecule has 0 radical (unpaired) electrons. The fraction of sp³-hybridized carbons (Fsp3) is 0.391. The summed E-state index contributed by atoms with van der Waals surface area (Å²) >= 11 is 0. The SMILES string of the molecule is CN=C(NCC(=O)N1CCc2ccccc2C1)NCC(C)Oc1ccccc1OC.I. The van der Waals surface area contributed by atoms with E-state index in [1.807, 2.05) is 48.2 Å². The van der Waals surface area contributed by atoms with Crippen LogP contribution in [0.2, 0.25) is 0 Å². The molecule has 1 unspecified atom stereocenters. The Morgan fingerprint density at radius 2 is 1.77 bits per heavy atom. The predicted molar refractivity (Wildman–Crippen MR) is 133 cm³/mol. The molecule has 0 aliphatic carbocycles. The van der Waals surface area contributed by atoms with Gasteiger partial charge in [0.1, 0.15) is 6.10 Å². The molecule has 0 fully saturated rings. The summed E-state index contributed by atoms with van der Waals surface area (Å²) in [6.07, 6.45) is 0.779. The van der Waals surface area contributed by atoms with E-state index in [1.165, 1.54) is 11.1 Å². The molecule has 0 spiro atoms. The number of benzene rings is 2. The Kier molecular flexibility index (Phi) is 9.90. The van der Waals surface area contributed by atoms with E-state index in [0.29, 0.717) is 30.5 Å². The van der Waals surface area contributed by atoms with Crippen molar-refractivity contribution < 1.29 is 14.3 Å². The summed E-state index contributed by atoms with van der Waals surface area (Å²) < 4.78 is 11.3. The number of para-hydroxylation sites is 2. The molecule has 3 rings (SSSR count). The highest BCUT2D eigenvalue weighted by Crippen LogP contribution is 2.26. The number of guanidine groups is 1. The summed E-state index contributed by atoms with van der Waals surface area (Å²) in [7, 11) is 3.30. The average Bonchev–Trinajstić information content (AvgIpc) is 2.79. The van der Waals surface area contributed by atoms with Crippen LogP contribution < -0.4 is 20.1 Å². The summed E-state index contributed by atoms with van der Waals surface area (Å²) in [5.74, 6) is 2.01. The molecule has 1 atom stereocenters. The Morgan fingerprint density at radius 1 is 1.10 bits per heavy atom. The fourth-order valence-electron chi connectivity index (χ4n) is 3.42. The van der Waals surface area contributed by atoms with Crippen LogP contribution in [0.4, 0.5) is 0 Å². The Hall–Kier alpha value is -2.49. The Labute approximate surface area is 201 Å². The van der Waals surface area contributed by atoms with Gasteiger partial charge in [0.25, 0.3) is 0 Å². The van der Waals surface area contributed by atoms with Crippen LogP contribution in [0, 0.1) is 0 Å². The van der Waals surface area contributed by atoms with Crippen LogP contribution in [-0.4, -0.2) is 56.7 Å². The lowest BCUT2D eigenvalue weighted by Crippen LogP contribution is -2.47. The Balaban J connectivity index is 0.00000341. The van der Waals surface area contributed by atoms with Gasteiger partial charge < -0.3 is 25.0 Å². The number of hydrogen-bond acceptors (Lipinski definition) is 4. The maximum absolute atomic E-state index is 12.6. The second-order valence-electron chi connectivity index (χ2n) is 7.22. The number of amides is 1. The predicted octanol–water partition coefficient (Wildman–Crippen LogP) is 2.83. The van der Waals surface area contributed by atoms with Crippen molar-refractivity contribution in [1.29, 1.82) is 0 Å². The number of aliphatic imine (C=N–C) groups is 1. The highest BCUT2D eigenvalue weighted by molar-refractivity contribution is 14.0. The van der Waals surface area contributed by atoms with Crippen LogP contribution >= 0.6 is 24.0 Å². The summed E-state index contributed by atoms with van der Waals surface area (Å²) in [6.45, 7) is 4.09. The summed E-state index contributed by atoms with van der Waals surface area (Å²) in [5.41, 5.74) is 2.55. The smallest absolute Gasteiger partial charge is 0.242 e. The molecule has 8 heteroatoms. The number of rotatable bonds is 7. The molecule has 2 aromatic rings. The van der Waals surface area contributed by atoms with Gasteiger partial charge in [-0.15, -0.1) is 24.0 Å². The van der Waals surface area contributed by atoms with Crippen molar-refractivity contribution in [2.24, 2.45) is 4.99 Å². The maximum Gasteiger partial charge on any atom is 0.242 e. The van der Waals surface area contributed by atoms with E-state index in [9.17, 15) is 4.79 Å². The second kappa shape index (κ2) is 12.4. The number of methoxy groups -OCH3 is 1. The van der Waals surface area contributed by atoms with E-state index in [1.54, 1.807) is 14.2 Å². The number of hydrogen-bond donors (Lipinski definition) is 2. The van der Waals surface area contributed by atoms with Crippen molar-refractivity contribution in [2.45, 2.75) is 26.0 Å². The number of carbonyl (C=O) groups excluding carboxylic acids is 1. The molecule has 2 aromatic carbocycles. The van der Waals surface area contributed by atoms with Crippen molar-refractivity contribution in [1.82, 2.24) is 15.5 Å². The minimum Gasteiger partial charge on any atom is -0.493 e. The van der Waals surface area contributed by atoms with E-state index >= 15 is 0 Å². The van der Waals surface area contributed by atoms with Crippen LogP contribution in [0.5, 0.6) is 11.5 Å². The minimum absolute atomic E-state index is 0. The zero-order valence-electron chi connectivity index (χ0n) is 18.3. The van der Waals surface area contributed by atoms with E-state index in [0.717, 1.165) is 13.0 Å². The monoisotopic (exact) mass is 538 g/mol. The number of nitrogens with one attached hydrogen (secondary N) is 2. The molecule has 0 bridgehead atoms. The molecule has 0 aromatic heterocycles. The quantitative estimate of drug-likeness (QED) is 0.322. The van der Waals surface area contributed by atoms with E-state index in [4.69, 9.17) is 9.47 Å². The Bertz CT molecular complexity index is 891. The van der Waals surface area contributed by atoms with Crippen molar-refractivity contribution >= 4 is 35.8 Å². The van der Waals surface area contributed by atoms with Gasteiger partial charge in [-0.1, -0.05) is 36.4 Å². The molecular weight excluding hydrogens is 507 g/mol. The molecular formula is C23H31IN4O3. The first kappa shape index (κ1) is 24.8. The standard InChI is InChI=1S/C23H30N4O3.HI/c1-17(30-21-11-7-6-10-20(21)29-3)14-25-23(24-2)26-15-22(28)27-13-12-18-8-4-5-9-19(18)16-27;/h4-11,17H,12-16H2,1-3H3,(H2,24,25,26);1H. The van der Waals surface area contributed by atoms with Crippen LogP contribution in [0.25, 0.3) is 0 Å². The first-order valence-electron chi connectivity index (χ1n) is 10.2. The summed E-state index contributed by atoms with van der Waals surface area (Å²) in [5, 5.41) is 6.30. The van der Waals surface area contributed by atoms with Crippen molar-refractivity contribution in [3.05, 3.63) is 59.7 Å².